The van der Waals surface area contributed by atoms with Crippen LogP contribution < -0.4 is 0 Å². The van der Waals surface area contributed by atoms with Crippen LogP contribution in [0.15, 0.2) is 77.9 Å². The lowest BCUT2D eigenvalue weighted by atomic mass is 9.68. The maximum atomic E-state index is 13.1. The molecule has 0 saturated carbocycles. The Morgan fingerprint density at radius 3 is 2.39 bits per heavy atom. The fourth-order valence-electron chi connectivity index (χ4n) is 6.41. The van der Waals surface area contributed by atoms with E-state index in [4.69, 9.17) is 0 Å². The molecule has 1 aliphatic carbocycles. The van der Waals surface area contributed by atoms with Gasteiger partial charge >= 0.3 is 6.09 Å². The van der Waals surface area contributed by atoms with E-state index in [0.29, 0.717) is 23.3 Å². The second-order valence-corrected chi connectivity index (χ2v) is 10.7. The van der Waals surface area contributed by atoms with Crippen LogP contribution in [0.1, 0.15) is 37.3 Å². The molecule has 4 atom stereocenters. The fourth-order valence-corrected chi connectivity index (χ4v) is 6.41. The summed E-state index contributed by atoms with van der Waals surface area (Å²) in [6.07, 6.45) is 1.04. The molecule has 1 heterocycles. The molecule has 212 valence electrons. The highest BCUT2D eigenvalue weighted by Crippen LogP contribution is 2.46. The lowest BCUT2D eigenvalue weighted by Gasteiger charge is -2.35. The third kappa shape index (κ3) is 5.16. The summed E-state index contributed by atoms with van der Waals surface area (Å²) in [6.45, 7) is 1.35. The van der Waals surface area contributed by atoms with Crippen LogP contribution in [0.5, 0.6) is 5.75 Å². The Balaban J connectivity index is 1.45. The molecule has 5 rings (SSSR count). The Hall–Kier alpha value is -4.27. The number of nitrogens with zero attached hydrogens (tertiary/aromatic N) is 1. The molecule has 1 saturated heterocycles. The first-order chi connectivity index (χ1) is 19.8. The van der Waals surface area contributed by atoms with E-state index in [1.54, 1.807) is 13.0 Å². The minimum absolute atomic E-state index is 0.202. The van der Waals surface area contributed by atoms with Crippen LogP contribution in [0.25, 0.3) is 22.4 Å². The number of imide groups is 3. The monoisotopic (exact) mass is 555 g/mol. The molecule has 0 bridgehead atoms. The first-order valence-corrected chi connectivity index (χ1v) is 13.7. The number of fused-ring (bicyclic) bond motifs is 2. The second kappa shape index (κ2) is 11.7. The number of benzene rings is 3. The number of ether oxygens (including phenoxy) is 1. The van der Waals surface area contributed by atoms with Gasteiger partial charge in [0.25, 0.3) is 0 Å². The predicted octanol–water partition coefficient (Wildman–Crippen LogP) is 4.92. The van der Waals surface area contributed by atoms with Crippen LogP contribution in [-0.2, 0) is 14.3 Å². The predicted molar refractivity (Wildman–Crippen MR) is 154 cm³/mol. The summed E-state index contributed by atoms with van der Waals surface area (Å²) in [5.41, 5.74) is 4.16. The molecule has 0 spiro atoms. The number of carbonyl (C=O) groups excluding carboxylic acids is 3. The molecule has 41 heavy (non-hydrogen) atoms. The summed E-state index contributed by atoms with van der Waals surface area (Å²) in [4.78, 5) is 38.7. The summed E-state index contributed by atoms with van der Waals surface area (Å²) in [5.74, 6) is -3.64. The number of aliphatic hydroxyl groups excluding tert-OH is 2. The van der Waals surface area contributed by atoms with Crippen LogP contribution >= 0.6 is 0 Å². The largest absolute Gasteiger partial charge is 0.507 e. The Morgan fingerprint density at radius 1 is 1.02 bits per heavy atom. The summed E-state index contributed by atoms with van der Waals surface area (Å²) < 4.78 is 4.64. The Kier molecular flexibility index (Phi) is 8.06. The quantitative estimate of drug-likeness (QED) is 0.215. The maximum absolute atomic E-state index is 13.1. The maximum Gasteiger partial charge on any atom is 0.423 e. The number of aliphatic hydroxyl groups is 2. The van der Waals surface area contributed by atoms with Crippen molar-refractivity contribution in [3.63, 3.8) is 0 Å². The average Bonchev–Trinajstić information content (AvgIpc) is 3.24. The standard InChI is InChI=1S/C33H33NO7/c1-19-16-25-30(32(39)34(31(25)38)33(40)41-2)26(18-35)29(19)28(37)15-12-21(20-8-4-3-5-9-20)17-22-13-14-27(36)24-11-7-6-10-23(22)24/h3-11,13-14,17,25-26,28,30,35-37H,12,15-16,18H2,1-2H3/b21-17-/t25-,26+,28-,30-/m1/s1. The molecule has 2 aliphatic rings. The van der Waals surface area contributed by atoms with Crippen LogP contribution in [-0.4, -0.2) is 57.9 Å². The van der Waals surface area contributed by atoms with Gasteiger partial charge in [-0.1, -0.05) is 72.3 Å². The van der Waals surface area contributed by atoms with Crippen molar-refractivity contribution in [2.24, 2.45) is 17.8 Å². The zero-order valence-electron chi connectivity index (χ0n) is 23.0. The van der Waals surface area contributed by atoms with Gasteiger partial charge in [0.2, 0.25) is 11.8 Å². The second-order valence-electron chi connectivity index (χ2n) is 10.7. The molecular weight excluding hydrogens is 522 g/mol. The number of hydrogen-bond acceptors (Lipinski definition) is 7. The van der Waals surface area contributed by atoms with Crippen molar-refractivity contribution < 1.29 is 34.4 Å². The number of allylic oxidation sites excluding steroid dienone is 2. The molecule has 0 aromatic heterocycles. The van der Waals surface area contributed by atoms with Crippen molar-refractivity contribution in [3.05, 3.63) is 89.0 Å². The number of phenols is 1. The highest BCUT2D eigenvalue weighted by Gasteiger charge is 2.56. The lowest BCUT2D eigenvalue weighted by Crippen LogP contribution is -2.39. The first-order valence-electron chi connectivity index (χ1n) is 13.7. The van der Waals surface area contributed by atoms with E-state index in [2.05, 4.69) is 10.8 Å². The normalized spacial score (nSPS) is 21.8. The molecule has 0 unspecified atom stereocenters. The lowest BCUT2D eigenvalue weighted by molar-refractivity contribution is -0.137. The summed E-state index contributed by atoms with van der Waals surface area (Å²) >= 11 is 0. The highest BCUT2D eigenvalue weighted by molar-refractivity contribution is 6.16. The van der Waals surface area contributed by atoms with Crippen molar-refractivity contribution in [1.29, 1.82) is 0 Å². The van der Waals surface area contributed by atoms with Gasteiger partial charge in [-0.2, -0.15) is 4.90 Å². The van der Waals surface area contributed by atoms with Crippen molar-refractivity contribution >= 4 is 40.3 Å². The number of aromatic hydroxyl groups is 1. The molecule has 1 fully saturated rings. The molecule has 3 N–H and O–H groups in total. The van der Waals surface area contributed by atoms with Gasteiger partial charge in [0.05, 0.1) is 31.7 Å². The van der Waals surface area contributed by atoms with E-state index < -0.39 is 48.4 Å². The van der Waals surface area contributed by atoms with Gasteiger partial charge in [-0.15, -0.1) is 0 Å². The van der Waals surface area contributed by atoms with Crippen molar-refractivity contribution in [3.8, 4) is 5.75 Å². The smallest absolute Gasteiger partial charge is 0.423 e. The van der Waals surface area contributed by atoms with Gasteiger partial charge in [0, 0.05) is 11.3 Å². The van der Waals surface area contributed by atoms with E-state index in [1.165, 1.54) is 0 Å². The molecule has 3 aromatic carbocycles. The summed E-state index contributed by atoms with van der Waals surface area (Å²) in [5, 5.41) is 33.8. The minimum atomic E-state index is -1.04. The number of amides is 3. The zero-order chi connectivity index (χ0) is 29.3. The van der Waals surface area contributed by atoms with Crippen LogP contribution in [0.2, 0.25) is 0 Å². The third-order valence-electron chi connectivity index (χ3n) is 8.34. The van der Waals surface area contributed by atoms with Crippen LogP contribution in [0.3, 0.4) is 0 Å². The van der Waals surface area contributed by atoms with Gasteiger partial charge in [0.1, 0.15) is 5.75 Å². The Bertz CT molecular complexity index is 1560. The minimum Gasteiger partial charge on any atom is -0.507 e. The van der Waals surface area contributed by atoms with Crippen LogP contribution in [0.4, 0.5) is 4.79 Å². The molecule has 8 nitrogen and oxygen atoms in total. The van der Waals surface area contributed by atoms with E-state index in [9.17, 15) is 29.7 Å². The highest BCUT2D eigenvalue weighted by atomic mass is 16.5. The fraction of sp³-hybridized carbons (Fsp3) is 0.303. The third-order valence-corrected chi connectivity index (χ3v) is 8.34. The van der Waals surface area contributed by atoms with Gasteiger partial charge < -0.3 is 20.1 Å². The van der Waals surface area contributed by atoms with E-state index >= 15 is 0 Å². The number of carbonyl (C=O) groups is 3. The molecule has 0 radical (unpaired) electrons. The van der Waals surface area contributed by atoms with Crippen molar-refractivity contribution in [1.82, 2.24) is 4.90 Å². The van der Waals surface area contributed by atoms with Gasteiger partial charge in [0.15, 0.2) is 0 Å². The first kappa shape index (κ1) is 28.3. The van der Waals surface area contributed by atoms with Crippen LogP contribution in [0, 0.1) is 17.8 Å². The summed E-state index contributed by atoms with van der Waals surface area (Å²) in [6, 6.07) is 21.0. The van der Waals surface area contributed by atoms with Crippen molar-refractivity contribution in [2.45, 2.75) is 32.3 Å². The topological polar surface area (TPSA) is 124 Å². The van der Waals surface area contributed by atoms with Gasteiger partial charge in [-0.3, -0.25) is 9.59 Å². The van der Waals surface area contributed by atoms with Gasteiger partial charge in [-0.05, 0) is 59.9 Å². The van der Waals surface area contributed by atoms with Gasteiger partial charge in [-0.25, -0.2) is 4.79 Å². The number of methoxy groups -OCH3 is 1. The SMILES string of the molecule is COC(=O)N1C(=O)[C@@H]2[C@@H](CC(C)=C([C@H](O)CC/C(=C/c3ccc(O)c4ccccc34)c3ccccc3)[C@@H]2CO)C1=O. The average molecular weight is 556 g/mol. The molecular formula is C33H33NO7. The van der Waals surface area contributed by atoms with E-state index in [-0.39, 0.29) is 12.2 Å². The Labute approximate surface area is 238 Å². The Morgan fingerprint density at radius 2 is 1.71 bits per heavy atom. The van der Waals surface area contributed by atoms with E-state index in [0.717, 1.165) is 40.2 Å². The summed E-state index contributed by atoms with van der Waals surface area (Å²) in [7, 11) is 1.10. The number of likely N-dealkylation sites (tertiary alicyclic amines) is 1. The molecule has 8 heteroatoms. The zero-order valence-corrected chi connectivity index (χ0v) is 23.0. The van der Waals surface area contributed by atoms with Crippen molar-refractivity contribution in [2.75, 3.05) is 13.7 Å². The molecule has 3 amide bonds. The molecule has 3 aromatic rings. The van der Waals surface area contributed by atoms with E-state index in [1.807, 2.05) is 60.7 Å². The number of hydrogen-bond donors (Lipinski definition) is 3. The number of phenolic OH excluding ortho intramolecular Hbond substituents is 1. The molecule has 1 aliphatic heterocycles. The number of rotatable bonds is 7.